The first-order valence-corrected chi connectivity index (χ1v) is 5.22. The SMILES string of the molecule is Cc1nc(CNc2nc(N)nc3nc[nH]c23)no1. The van der Waals surface area contributed by atoms with Crippen molar-refractivity contribution in [1.29, 1.82) is 0 Å². The van der Waals surface area contributed by atoms with E-state index >= 15 is 0 Å². The Morgan fingerprint density at radius 3 is 3.06 bits per heavy atom. The molecule has 18 heavy (non-hydrogen) atoms. The maximum Gasteiger partial charge on any atom is 0.224 e. The van der Waals surface area contributed by atoms with Crippen LogP contribution in [0.4, 0.5) is 11.8 Å². The van der Waals surface area contributed by atoms with Crippen molar-refractivity contribution in [2.75, 3.05) is 11.1 Å². The lowest BCUT2D eigenvalue weighted by Gasteiger charge is -2.03. The second kappa shape index (κ2) is 3.95. The van der Waals surface area contributed by atoms with Gasteiger partial charge in [0.15, 0.2) is 17.3 Å². The van der Waals surface area contributed by atoms with Gasteiger partial charge in [0.1, 0.15) is 5.52 Å². The lowest BCUT2D eigenvalue weighted by molar-refractivity contribution is 0.388. The van der Waals surface area contributed by atoms with E-state index in [1.165, 1.54) is 6.33 Å². The third kappa shape index (κ3) is 1.81. The highest BCUT2D eigenvalue weighted by atomic mass is 16.5. The number of aryl methyl sites for hydroxylation is 1. The van der Waals surface area contributed by atoms with Gasteiger partial charge in [-0.2, -0.15) is 15.0 Å². The monoisotopic (exact) mass is 246 g/mol. The number of imidazole rings is 1. The Morgan fingerprint density at radius 1 is 1.39 bits per heavy atom. The van der Waals surface area contributed by atoms with Gasteiger partial charge in [0.2, 0.25) is 11.8 Å². The van der Waals surface area contributed by atoms with E-state index in [-0.39, 0.29) is 5.95 Å². The van der Waals surface area contributed by atoms with Crippen LogP contribution in [0, 0.1) is 6.92 Å². The number of nitrogen functional groups attached to an aromatic ring is 1. The van der Waals surface area contributed by atoms with Crippen molar-refractivity contribution in [2.45, 2.75) is 13.5 Å². The summed E-state index contributed by atoms with van der Waals surface area (Å²) < 4.78 is 4.87. The molecule has 4 N–H and O–H groups in total. The van der Waals surface area contributed by atoms with E-state index in [2.05, 4.69) is 35.4 Å². The molecule has 0 saturated heterocycles. The van der Waals surface area contributed by atoms with E-state index in [9.17, 15) is 0 Å². The normalized spacial score (nSPS) is 10.9. The van der Waals surface area contributed by atoms with Crippen LogP contribution in [0.1, 0.15) is 11.7 Å². The van der Waals surface area contributed by atoms with Crippen molar-refractivity contribution in [1.82, 2.24) is 30.1 Å². The van der Waals surface area contributed by atoms with Crippen molar-refractivity contribution in [3.05, 3.63) is 18.0 Å². The number of hydrogen-bond donors (Lipinski definition) is 3. The topological polar surface area (TPSA) is 131 Å². The Labute approximate surface area is 101 Å². The smallest absolute Gasteiger partial charge is 0.224 e. The molecule has 9 nitrogen and oxygen atoms in total. The van der Waals surface area contributed by atoms with E-state index in [1.54, 1.807) is 6.92 Å². The molecule has 0 aliphatic rings. The number of H-pyrrole nitrogens is 1. The van der Waals surface area contributed by atoms with Crippen LogP contribution < -0.4 is 11.1 Å². The molecule has 0 saturated carbocycles. The van der Waals surface area contributed by atoms with Gasteiger partial charge in [-0.1, -0.05) is 5.16 Å². The zero-order chi connectivity index (χ0) is 12.5. The molecule has 0 bridgehead atoms. The molecule has 0 unspecified atom stereocenters. The molecule has 0 radical (unpaired) electrons. The molecule has 0 fully saturated rings. The number of rotatable bonds is 3. The molecule has 9 heteroatoms. The van der Waals surface area contributed by atoms with Gasteiger partial charge in [-0.05, 0) is 0 Å². The van der Waals surface area contributed by atoms with Crippen LogP contribution in [0.15, 0.2) is 10.9 Å². The quantitative estimate of drug-likeness (QED) is 0.598. The van der Waals surface area contributed by atoms with E-state index in [1.807, 2.05) is 0 Å². The summed E-state index contributed by atoms with van der Waals surface area (Å²) in [5.41, 5.74) is 6.78. The third-order valence-corrected chi connectivity index (χ3v) is 2.29. The highest BCUT2D eigenvalue weighted by molar-refractivity contribution is 5.83. The second-order valence-corrected chi connectivity index (χ2v) is 3.61. The van der Waals surface area contributed by atoms with Gasteiger partial charge in [0.25, 0.3) is 0 Å². The van der Waals surface area contributed by atoms with Crippen LogP contribution in [0.2, 0.25) is 0 Å². The molecule has 0 atom stereocenters. The molecular weight excluding hydrogens is 236 g/mol. The molecule has 0 aromatic carbocycles. The Kier molecular flexibility index (Phi) is 2.29. The number of fused-ring (bicyclic) bond motifs is 1. The molecule has 3 aromatic heterocycles. The predicted molar refractivity (Wildman–Crippen MR) is 62.5 cm³/mol. The van der Waals surface area contributed by atoms with Crippen LogP contribution in [0.5, 0.6) is 0 Å². The van der Waals surface area contributed by atoms with Gasteiger partial charge in [-0.25, -0.2) is 4.98 Å². The summed E-state index contributed by atoms with van der Waals surface area (Å²) in [7, 11) is 0. The van der Waals surface area contributed by atoms with Crippen LogP contribution in [0.3, 0.4) is 0 Å². The fourth-order valence-corrected chi connectivity index (χ4v) is 1.55. The Balaban J connectivity index is 1.87. The first kappa shape index (κ1) is 10.4. The number of nitrogens with one attached hydrogen (secondary N) is 2. The number of nitrogens with two attached hydrogens (primary N) is 1. The summed E-state index contributed by atoms with van der Waals surface area (Å²) in [6.07, 6.45) is 1.53. The highest BCUT2D eigenvalue weighted by Crippen LogP contribution is 2.17. The van der Waals surface area contributed by atoms with Gasteiger partial charge in [-0.3, -0.25) is 0 Å². The molecule has 92 valence electrons. The van der Waals surface area contributed by atoms with Crippen molar-refractivity contribution >= 4 is 22.9 Å². The van der Waals surface area contributed by atoms with Gasteiger partial charge < -0.3 is 20.6 Å². The van der Waals surface area contributed by atoms with Gasteiger partial charge >= 0.3 is 0 Å². The fraction of sp³-hybridized carbons (Fsp3) is 0.222. The molecule has 3 aromatic rings. The molecule has 3 rings (SSSR count). The average Bonchev–Trinajstić information content (AvgIpc) is 2.94. The molecule has 0 amide bonds. The van der Waals surface area contributed by atoms with Crippen molar-refractivity contribution in [3.8, 4) is 0 Å². The molecule has 0 spiro atoms. The zero-order valence-electron chi connectivity index (χ0n) is 9.51. The van der Waals surface area contributed by atoms with Crippen LogP contribution in [-0.2, 0) is 6.54 Å². The second-order valence-electron chi connectivity index (χ2n) is 3.61. The van der Waals surface area contributed by atoms with E-state index < -0.39 is 0 Å². The number of nitrogens with zero attached hydrogens (tertiary/aromatic N) is 5. The summed E-state index contributed by atoms with van der Waals surface area (Å²) >= 11 is 0. The Bertz CT molecular complexity index is 687. The fourth-order valence-electron chi connectivity index (χ4n) is 1.55. The maximum atomic E-state index is 5.59. The minimum absolute atomic E-state index is 0.154. The summed E-state index contributed by atoms with van der Waals surface area (Å²) in [6.45, 7) is 2.11. The van der Waals surface area contributed by atoms with Crippen molar-refractivity contribution < 1.29 is 4.52 Å². The molecular formula is C9H10N8O. The van der Waals surface area contributed by atoms with Crippen LogP contribution >= 0.6 is 0 Å². The van der Waals surface area contributed by atoms with Crippen LogP contribution in [0.25, 0.3) is 11.2 Å². The Morgan fingerprint density at radius 2 is 2.28 bits per heavy atom. The lowest BCUT2D eigenvalue weighted by atomic mass is 10.4. The highest BCUT2D eigenvalue weighted by Gasteiger charge is 2.09. The molecule has 0 aliphatic heterocycles. The van der Waals surface area contributed by atoms with Gasteiger partial charge in [0, 0.05) is 6.92 Å². The minimum atomic E-state index is 0.154. The maximum absolute atomic E-state index is 5.59. The van der Waals surface area contributed by atoms with E-state index in [0.717, 1.165) is 0 Å². The first-order valence-electron chi connectivity index (χ1n) is 5.22. The number of anilines is 2. The molecule has 3 heterocycles. The average molecular weight is 246 g/mol. The largest absolute Gasteiger partial charge is 0.368 e. The summed E-state index contributed by atoms with van der Waals surface area (Å²) in [4.78, 5) is 19.1. The number of hydrogen-bond acceptors (Lipinski definition) is 8. The van der Waals surface area contributed by atoms with Crippen molar-refractivity contribution in [2.24, 2.45) is 0 Å². The summed E-state index contributed by atoms with van der Waals surface area (Å²) in [5, 5.41) is 6.83. The van der Waals surface area contributed by atoms with E-state index in [4.69, 9.17) is 10.3 Å². The first-order chi connectivity index (χ1) is 8.72. The third-order valence-electron chi connectivity index (χ3n) is 2.29. The Hall–Kier alpha value is -2.71. The number of aromatic amines is 1. The summed E-state index contributed by atoms with van der Waals surface area (Å²) in [5.74, 6) is 1.76. The predicted octanol–water partition coefficient (Wildman–Crippen LogP) is 0.239. The van der Waals surface area contributed by atoms with E-state index in [0.29, 0.717) is 35.2 Å². The summed E-state index contributed by atoms with van der Waals surface area (Å²) in [6, 6.07) is 0. The van der Waals surface area contributed by atoms with Gasteiger partial charge in [-0.15, -0.1) is 0 Å². The van der Waals surface area contributed by atoms with Crippen LogP contribution in [-0.4, -0.2) is 30.1 Å². The van der Waals surface area contributed by atoms with Crippen molar-refractivity contribution in [3.63, 3.8) is 0 Å². The lowest BCUT2D eigenvalue weighted by Crippen LogP contribution is -2.06. The number of aromatic nitrogens is 6. The molecule has 0 aliphatic carbocycles. The standard InChI is InChI=1S/C9H10N8O/c1-4-14-5(17-18-4)2-11-7-6-8(13-3-12-6)16-9(10)15-7/h3H,2H2,1H3,(H4,10,11,12,13,15,16). The van der Waals surface area contributed by atoms with Gasteiger partial charge in [0.05, 0.1) is 12.9 Å². The minimum Gasteiger partial charge on any atom is -0.368 e. The zero-order valence-corrected chi connectivity index (χ0v) is 9.51.